The molecule has 6 heteroatoms. The Labute approximate surface area is 121 Å². The third-order valence-electron chi connectivity index (χ3n) is 3.74. The molecule has 0 radical (unpaired) electrons. The van der Waals surface area contributed by atoms with Gasteiger partial charge in [0.05, 0.1) is 0 Å². The lowest BCUT2D eigenvalue weighted by atomic mass is 10.0. The van der Waals surface area contributed by atoms with E-state index in [0.29, 0.717) is 17.9 Å². The van der Waals surface area contributed by atoms with Crippen LogP contribution < -0.4 is 10.5 Å². The van der Waals surface area contributed by atoms with Gasteiger partial charge >= 0.3 is 6.36 Å². The van der Waals surface area contributed by atoms with E-state index >= 15 is 0 Å². The lowest BCUT2D eigenvalue weighted by molar-refractivity contribution is -0.275. The van der Waals surface area contributed by atoms with Crippen LogP contribution in [0.3, 0.4) is 0 Å². The Morgan fingerprint density at radius 2 is 2.00 bits per heavy atom. The third-order valence-corrected chi connectivity index (χ3v) is 3.74. The average Bonchev–Trinajstić information content (AvgIpc) is 3.17. The minimum Gasteiger partial charge on any atom is -0.403 e. The highest BCUT2D eigenvalue weighted by Gasteiger charge is 2.33. The smallest absolute Gasteiger partial charge is 0.403 e. The number of aryl methyl sites for hydroxylation is 2. The Balaban J connectivity index is 1.98. The highest BCUT2D eigenvalue weighted by molar-refractivity contribution is 5.36. The summed E-state index contributed by atoms with van der Waals surface area (Å²) in [5.41, 5.74) is 6.76. The molecule has 0 spiro atoms. The summed E-state index contributed by atoms with van der Waals surface area (Å²) in [7, 11) is 0. The van der Waals surface area contributed by atoms with Crippen molar-refractivity contribution in [1.29, 1.82) is 0 Å². The van der Waals surface area contributed by atoms with Crippen LogP contribution in [0.2, 0.25) is 0 Å². The van der Waals surface area contributed by atoms with Crippen molar-refractivity contribution < 1.29 is 22.3 Å². The molecule has 0 amide bonds. The van der Waals surface area contributed by atoms with Crippen molar-refractivity contribution >= 4 is 0 Å². The maximum Gasteiger partial charge on any atom is 0.573 e. The molecule has 0 unspecified atom stereocenters. The van der Waals surface area contributed by atoms with Crippen LogP contribution in [0.1, 0.15) is 36.8 Å². The predicted molar refractivity (Wildman–Crippen MR) is 71.5 cm³/mol. The zero-order chi connectivity index (χ0) is 15.6. The maximum atomic E-state index is 13.6. The molecule has 0 saturated heterocycles. The molecule has 0 aliphatic heterocycles. The van der Waals surface area contributed by atoms with Gasteiger partial charge in [-0.15, -0.1) is 13.2 Å². The molecule has 2 N–H and O–H groups in total. The summed E-state index contributed by atoms with van der Waals surface area (Å²) in [6.45, 7) is 1.43. The Morgan fingerprint density at radius 3 is 2.57 bits per heavy atom. The molecule has 0 bridgehead atoms. The monoisotopic (exact) mass is 305 g/mol. The van der Waals surface area contributed by atoms with Crippen LogP contribution in [-0.4, -0.2) is 12.4 Å². The van der Waals surface area contributed by atoms with Gasteiger partial charge < -0.3 is 10.5 Å². The van der Waals surface area contributed by atoms with E-state index in [-0.39, 0.29) is 11.6 Å². The lowest BCUT2D eigenvalue weighted by Gasteiger charge is -2.14. The minimum absolute atomic E-state index is 0.151. The van der Waals surface area contributed by atoms with Crippen LogP contribution in [0, 0.1) is 18.7 Å². The fourth-order valence-electron chi connectivity index (χ4n) is 2.45. The molecular formula is C15H19F4NO. The molecule has 1 aliphatic carbocycles. The van der Waals surface area contributed by atoms with E-state index in [0.717, 1.165) is 18.9 Å². The largest absolute Gasteiger partial charge is 0.573 e. The second-order valence-electron chi connectivity index (χ2n) is 5.67. The Bertz CT molecular complexity index is 497. The highest BCUT2D eigenvalue weighted by Crippen LogP contribution is 2.34. The van der Waals surface area contributed by atoms with Gasteiger partial charge in [-0.05, 0) is 62.1 Å². The van der Waals surface area contributed by atoms with Gasteiger partial charge in [-0.1, -0.05) is 6.07 Å². The molecule has 2 nitrogen and oxygen atoms in total. The van der Waals surface area contributed by atoms with E-state index in [1.807, 2.05) is 0 Å². The van der Waals surface area contributed by atoms with Crippen LogP contribution in [0.4, 0.5) is 17.6 Å². The molecule has 1 saturated carbocycles. The number of hydrogen-bond acceptors (Lipinski definition) is 2. The zero-order valence-corrected chi connectivity index (χ0v) is 11.8. The summed E-state index contributed by atoms with van der Waals surface area (Å²) in [6.07, 6.45) is -0.387. The number of ether oxygens (including phenoxy) is 1. The molecule has 1 aromatic carbocycles. The third kappa shape index (κ3) is 4.88. The normalized spacial score (nSPS) is 16.9. The lowest BCUT2D eigenvalue weighted by Crippen LogP contribution is -2.22. The van der Waals surface area contributed by atoms with Crippen molar-refractivity contribution in [3.8, 4) is 5.75 Å². The topological polar surface area (TPSA) is 35.2 Å². The van der Waals surface area contributed by atoms with E-state index in [9.17, 15) is 17.6 Å². The molecule has 0 aromatic heterocycles. The van der Waals surface area contributed by atoms with E-state index in [2.05, 4.69) is 4.74 Å². The summed E-state index contributed by atoms with van der Waals surface area (Å²) >= 11 is 0. The van der Waals surface area contributed by atoms with Crippen molar-refractivity contribution in [3.05, 3.63) is 29.1 Å². The number of alkyl halides is 3. The number of rotatable bonds is 6. The summed E-state index contributed by atoms with van der Waals surface area (Å²) < 4.78 is 54.1. The van der Waals surface area contributed by atoms with Gasteiger partial charge in [-0.2, -0.15) is 0 Å². The Hall–Kier alpha value is -1.30. The predicted octanol–water partition coefficient (Wildman–Crippen LogP) is 4.09. The first-order chi connectivity index (χ1) is 9.76. The van der Waals surface area contributed by atoms with Gasteiger partial charge in [0.2, 0.25) is 0 Å². The molecule has 1 aromatic rings. The number of benzene rings is 1. The second-order valence-corrected chi connectivity index (χ2v) is 5.67. The Kier molecular flexibility index (Phi) is 4.76. The number of hydrogen-bond donors (Lipinski definition) is 1. The van der Waals surface area contributed by atoms with E-state index in [1.165, 1.54) is 19.8 Å². The quantitative estimate of drug-likeness (QED) is 0.803. The SMILES string of the molecule is Cc1cc(CCC[C@@H](N)C2CC2)cc(OC(F)(F)F)c1F. The summed E-state index contributed by atoms with van der Waals surface area (Å²) in [5, 5.41) is 0. The van der Waals surface area contributed by atoms with Crippen LogP contribution >= 0.6 is 0 Å². The molecule has 21 heavy (non-hydrogen) atoms. The van der Waals surface area contributed by atoms with Crippen molar-refractivity contribution in [2.75, 3.05) is 0 Å². The average molecular weight is 305 g/mol. The van der Waals surface area contributed by atoms with E-state index in [1.54, 1.807) is 6.07 Å². The molecule has 118 valence electrons. The van der Waals surface area contributed by atoms with Crippen molar-refractivity contribution in [2.24, 2.45) is 11.7 Å². The van der Waals surface area contributed by atoms with E-state index in [4.69, 9.17) is 5.73 Å². The molecule has 2 rings (SSSR count). The molecule has 0 heterocycles. The molecular weight excluding hydrogens is 286 g/mol. The number of halogens is 4. The van der Waals surface area contributed by atoms with Crippen LogP contribution in [-0.2, 0) is 6.42 Å². The number of nitrogens with two attached hydrogens (primary N) is 1. The first kappa shape index (κ1) is 16.1. The highest BCUT2D eigenvalue weighted by atomic mass is 19.4. The fraction of sp³-hybridized carbons (Fsp3) is 0.600. The molecule has 1 fully saturated rings. The summed E-state index contributed by atoms with van der Waals surface area (Å²) in [5.74, 6) is -1.13. The van der Waals surface area contributed by atoms with Crippen molar-refractivity contribution in [1.82, 2.24) is 0 Å². The maximum absolute atomic E-state index is 13.6. The van der Waals surface area contributed by atoms with Gasteiger partial charge in [0, 0.05) is 6.04 Å². The minimum atomic E-state index is -4.89. The summed E-state index contributed by atoms with van der Waals surface area (Å²) in [6, 6.07) is 2.84. The van der Waals surface area contributed by atoms with Crippen molar-refractivity contribution in [3.63, 3.8) is 0 Å². The van der Waals surface area contributed by atoms with Gasteiger partial charge in [-0.3, -0.25) is 0 Å². The Morgan fingerprint density at radius 1 is 1.33 bits per heavy atom. The van der Waals surface area contributed by atoms with Gasteiger partial charge in [-0.25, -0.2) is 4.39 Å². The van der Waals surface area contributed by atoms with Gasteiger partial charge in [0.15, 0.2) is 11.6 Å². The first-order valence-corrected chi connectivity index (χ1v) is 7.06. The van der Waals surface area contributed by atoms with Crippen molar-refractivity contribution in [2.45, 2.75) is 51.4 Å². The fourth-order valence-corrected chi connectivity index (χ4v) is 2.45. The summed E-state index contributed by atoms with van der Waals surface area (Å²) in [4.78, 5) is 0. The second kappa shape index (κ2) is 6.22. The van der Waals surface area contributed by atoms with Crippen LogP contribution in [0.15, 0.2) is 12.1 Å². The standard InChI is InChI=1S/C15H19F4NO/c1-9-7-10(3-2-4-12(20)11-5-6-11)8-13(14(9)16)21-15(17,18)19/h7-8,11-12H,2-6,20H2,1H3/t12-/m1/s1. The molecule has 1 atom stereocenters. The zero-order valence-electron chi connectivity index (χ0n) is 11.8. The van der Waals surface area contributed by atoms with Crippen LogP contribution in [0.25, 0.3) is 0 Å². The molecule has 1 aliphatic rings. The van der Waals surface area contributed by atoms with E-state index < -0.39 is 17.9 Å². The van der Waals surface area contributed by atoms with Gasteiger partial charge in [0.25, 0.3) is 0 Å². The van der Waals surface area contributed by atoms with Gasteiger partial charge in [0.1, 0.15) is 0 Å². The first-order valence-electron chi connectivity index (χ1n) is 7.06. The van der Waals surface area contributed by atoms with Crippen LogP contribution in [0.5, 0.6) is 5.75 Å².